The highest BCUT2D eigenvalue weighted by Crippen LogP contribution is 2.11. The van der Waals surface area contributed by atoms with Crippen molar-refractivity contribution in [2.75, 3.05) is 6.54 Å². The number of imidazole rings is 1. The smallest absolute Gasteiger partial charge is 0.407 e. The second-order valence-electron chi connectivity index (χ2n) is 6.09. The lowest BCUT2D eigenvalue weighted by Crippen LogP contribution is -2.33. The number of ether oxygens (including phenoxy) is 1. The van der Waals surface area contributed by atoms with E-state index < -0.39 is 11.7 Å². The van der Waals surface area contributed by atoms with Crippen LogP contribution in [0.15, 0.2) is 30.9 Å². The van der Waals surface area contributed by atoms with Crippen molar-refractivity contribution >= 4 is 6.09 Å². The first kappa shape index (κ1) is 16.0. The van der Waals surface area contributed by atoms with Gasteiger partial charge in [-0.15, -0.1) is 0 Å². The Kier molecular flexibility index (Phi) is 4.80. The van der Waals surface area contributed by atoms with Gasteiger partial charge in [-0.3, -0.25) is 4.98 Å². The van der Waals surface area contributed by atoms with Crippen LogP contribution >= 0.6 is 0 Å². The number of alkyl carbamates (subject to hydrolysis) is 1. The van der Waals surface area contributed by atoms with E-state index in [1.807, 2.05) is 50.6 Å². The molecule has 6 nitrogen and oxygen atoms in total. The summed E-state index contributed by atoms with van der Waals surface area (Å²) in [5, 5.41) is 2.75. The fraction of sp³-hybridized carbons (Fsp3) is 0.438. The van der Waals surface area contributed by atoms with Crippen molar-refractivity contribution in [3.8, 4) is 5.69 Å². The van der Waals surface area contributed by atoms with Gasteiger partial charge < -0.3 is 14.6 Å². The molecule has 2 rings (SSSR count). The Morgan fingerprint density at radius 1 is 1.32 bits per heavy atom. The van der Waals surface area contributed by atoms with Gasteiger partial charge in [0.2, 0.25) is 0 Å². The van der Waals surface area contributed by atoms with Crippen molar-refractivity contribution in [1.29, 1.82) is 0 Å². The standard InChI is InChI=1S/C16H22N4O2/c1-12-5-6-13(10-19-12)20-11-17-9-14(20)7-8-18-15(21)22-16(2,3)4/h5-6,9-11H,7-8H2,1-4H3,(H,18,21). The van der Waals surface area contributed by atoms with Crippen LogP contribution < -0.4 is 5.32 Å². The SMILES string of the molecule is Cc1ccc(-n2cncc2CCNC(=O)OC(C)(C)C)cn1. The van der Waals surface area contributed by atoms with Gasteiger partial charge in [0.25, 0.3) is 0 Å². The lowest BCUT2D eigenvalue weighted by atomic mass is 10.2. The summed E-state index contributed by atoms with van der Waals surface area (Å²) in [5.74, 6) is 0. The maximum atomic E-state index is 11.6. The quantitative estimate of drug-likeness (QED) is 0.942. The first-order valence-electron chi connectivity index (χ1n) is 7.26. The highest BCUT2D eigenvalue weighted by molar-refractivity contribution is 5.67. The summed E-state index contributed by atoms with van der Waals surface area (Å²) < 4.78 is 7.16. The number of aromatic nitrogens is 3. The van der Waals surface area contributed by atoms with Crippen molar-refractivity contribution in [1.82, 2.24) is 19.9 Å². The summed E-state index contributed by atoms with van der Waals surface area (Å²) in [4.78, 5) is 20.1. The third kappa shape index (κ3) is 4.58. The van der Waals surface area contributed by atoms with Gasteiger partial charge >= 0.3 is 6.09 Å². The van der Waals surface area contributed by atoms with Gasteiger partial charge in [0.1, 0.15) is 5.60 Å². The first-order valence-corrected chi connectivity index (χ1v) is 7.26. The molecule has 2 heterocycles. The molecule has 0 aliphatic carbocycles. The molecule has 0 saturated heterocycles. The Hall–Kier alpha value is -2.37. The highest BCUT2D eigenvalue weighted by atomic mass is 16.6. The van der Waals surface area contributed by atoms with E-state index >= 15 is 0 Å². The molecule has 0 bridgehead atoms. The molecule has 0 radical (unpaired) electrons. The number of amides is 1. The van der Waals surface area contributed by atoms with Crippen LogP contribution in [-0.2, 0) is 11.2 Å². The summed E-state index contributed by atoms with van der Waals surface area (Å²) in [6, 6.07) is 3.95. The fourth-order valence-corrected chi connectivity index (χ4v) is 1.95. The summed E-state index contributed by atoms with van der Waals surface area (Å²) >= 11 is 0. The molecular weight excluding hydrogens is 280 g/mol. The van der Waals surface area contributed by atoms with Gasteiger partial charge in [-0.05, 0) is 39.8 Å². The number of nitrogens with one attached hydrogen (secondary N) is 1. The second kappa shape index (κ2) is 6.60. The van der Waals surface area contributed by atoms with Crippen LogP contribution in [0.1, 0.15) is 32.2 Å². The topological polar surface area (TPSA) is 69.0 Å². The molecule has 0 saturated carbocycles. The lowest BCUT2D eigenvalue weighted by Gasteiger charge is -2.19. The summed E-state index contributed by atoms with van der Waals surface area (Å²) in [5.41, 5.74) is 2.44. The third-order valence-electron chi connectivity index (χ3n) is 2.94. The molecule has 0 atom stereocenters. The molecule has 2 aromatic heterocycles. The molecule has 1 amide bonds. The largest absolute Gasteiger partial charge is 0.444 e. The number of carbonyl (C=O) groups is 1. The zero-order valence-corrected chi connectivity index (χ0v) is 13.5. The Balaban J connectivity index is 1.93. The molecule has 6 heteroatoms. The number of carbonyl (C=O) groups excluding carboxylic acids is 1. The number of pyridine rings is 1. The van der Waals surface area contributed by atoms with Gasteiger partial charge in [0.05, 0.1) is 18.2 Å². The number of hydrogen-bond acceptors (Lipinski definition) is 4. The third-order valence-corrected chi connectivity index (χ3v) is 2.94. The van der Waals surface area contributed by atoms with Crippen molar-refractivity contribution < 1.29 is 9.53 Å². The molecule has 0 unspecified atom stereocenters. The molecule has 0 aliphatic rings. The van der Waals surface area contributed by atoms with Crippen LogP contribution in [0.4, 0.5) is 4.79 Å². The molecule has 0 fully saturated rings. The highest BCUT2D eigenvalue weighted by Gasteiger charge is 2.15. The van der Waals surface area contributed by atoms with Gasteiger partial charge in [-0.1, -0.05) is 0 Å². The summed E-state index contributed by atoms with van der Waals surface area (Å²) in [6.45, 7) is 7.95. The Morgan fingerprint density at radius 3 is 2.73 bits per heavy atom. The Labute approximate surface area is 130 Å². The minimum atomic E-state index is -0.487. The van der Waals surface area contributed by atoms with E-state index in [4.69, 9.17) is 4.74 Å². The predicted molar refractivity (Wildman–Crippen MR) is 84.0 cm³/mol. The normalized spacial score (nSPS) is 11.3. The lowest BCUT2D eigenvalue weighted by molar-refractivity contribution is 0.0528. The van der Waals surface area contributed by atoms with Gasteiger partial charge in [0.15, 0.2) is 0 Å². The molecule has 0 aliphatic heterocycles. The molecule has 1 N–H and O–H groups in total. The van der Waals surface area contributed by atoms with Crippen molar-refractivity contribution in [3.63, 3.8) is 0 Å². The summed E-state index contributed by atoms with van der Waals surface area (Å²) in [7, 11) is 0. The maximum Gasteiger partial charge on any atom is 0.407 e. The summed E-state index contributed by atoms with van der Waals surface area (Å²) in [6.07, 6.45) is 5.59. The van der Waals surface area contributed by atoms with Gasteiger partial charge in [0, 0.05) is 30.6 Å². The number of rotatable bonds is 4. The van der Waals surface area contributed by atoms with Crippen LogP contribution in [0.25, 0.3) is 5.69 Å². The molecule has 22 heavy (non-hydrogen) atoms. The first-order chi connectivity index (χ1) is 10.3. The van der Waals surface area contributed by atoms with Crippen molar-refractivity contribution in [2.24, 2.45) is 0 Å². The maximum absolute atomic E-state index is 11.6. The molecular formula is C16H22N4O2. The van der Waals surface area contributed by atoms with E-state index in [9.17, 15) is 4.79 Å². The zero-order chi connectivity index (χ0) is 16.2. The van der Waals surface area contributed by atoms with E-state index in [-0.39, 0.29) is 0 Å². The van der Waals surface area contributed by atoms with Crippen LogP contribution in [0, 0.1) is 6.92 Å². The minimum Gasteiger partial charge on any atom is -0.444 e. The minimum absolute atomic E-state index is 0.407. The van der Waals surface area contributed by atoms with Crippen LogP contribution in [0.2, 0.25) is 0 Å². The monoisotopic (exact) mass is 302 g/mol. The van der Waals surface area contributed by atoms with E-state index in [1.165, 1.54) is 0 Å². The van der Waals surface area contributed by atoms with E-state index in [1.54, 1.807) is 12.5 Å². The average Bonchev–Trinajstić information content (AvgIpc) is 2.86. The number of hydrogen-bond donors (Lipinski definition) is 1. The second-order valence-corrected chi connectivity index (χ2v) is 6.09. The van der Waals surface area contributed by atoms with E-state index in [0.29, 0.717) is 13.0 Å². The number of nitrogens with zero attached hydrogens (tertiary/aromatic N) is 3. The van der Waals surface area contributed by atoms with Gasteiger partial charge in [-0.2, -0.15) is 0 Å². The Morgan fingerprint density at radius 2 is 2.09 bits per heavy atom. The fourth-order valence-electron chi connectivity index (χ4n) is 1.95. The molecule has 2 aromatic rings. The van der Waals surface area contributed by atoms with Gasteiger partial charge in [-0.25, -0.2) is 9.78 Å². The van der Waals surface area contributed by atoms with Crippen LogP contribution in [0.3, 0.4) is 0 Å². The zero-order valence-electron chi connectivity index (χ0n) is 13.5. The van der Waals surface area contributed by atoms with Crippen molar-refractivity contribution in [3.05, 3.63) is 42.2 Å². The molecule has 0 aromatic carbocycles. The van der Waals surface area contributed by atoms with Crippen LogP contribution in [-0.4, -0.2) is 32.8 Å². The average molecular weight is 302 g/mol. The van der Waals surface area contributed by atoms with E-state index in [0.717, 1.165) is 17.1 Å². The van der Waals surface area contributed by atoms with Crippen molar-refractivity contribution in [2.45, 2.75) is 39.7 Å². The molecule has 118 valence electrons. The predicted octanol–water partition coefficient (Wildman–Crippen LogP) is 2.64. The van der Waals surface area contributed by atoms with Crippen LogP contribution in [0.5, 0.6) is 0 Å². The number of aryl methyl sites for hydroxylation is 1. The Bertz CT molecular complexity index is 626. The molecule has 0 spiro atoms. The van der Waals surface area contributed by atoms with E-state index in [2.05, 4.69) is 15.3 Å².